The normalized spacial score (nSPS) is 15.0. The predicted molar refractivity (Wildman–Crippen MR) is 107 cm³/mol. The number of piperazine rings is 1. The van der Waals surface area contributed by atoms with Crippen LogP contribution in [0.25, 0.3) is 6.08 Å². The molecule has 2 aromatic carbocycles. The minimum Gasteiger partial charge on any atom is -0.490 e. The Kier molecular flexibility index (Phi) is 6.39. The number of methoxy groups -OCH3 is 1. The molecule has 1 aliphatic rings. The summed E-state index contributed by atoms with van der Waals surface area (Å²) in [7, 11) is 1.37. The number of carbonyl (C=O) groups excluding carboxylic acids is 1. The highest BCUT2D eigenvalue weighted by Gasteiger charge is 2.26. The van der Waals surface area contributed by atoms with Crippen molar-refractivity contribution < 1.29 is 19.4 Å². The van der Waals surface area contributed by atoms with Gasteiger partial charge in [0, 0.05) is 11.6 Å². The van der Waals surface area contributed by atoms with Crippen LogP contribution in [0.1, 0.15) is 15.9 Å². The fourth-order valence-electron chi connectivity index (χ4n) is 3.30. The lowest BCUT2D eigenvalue weighted by atomic mass is 10.1. The molecule has 1 fully saturated rings. The maximum absolute atomic E-state index is 12.7. The van der Waals surface area contributed by atoms with Crippen molar-refractivity contribution in [1.82, 2.24) is 4.90 Å². The van der Waals surface area contributed by atoms with Gasteiger partial charge in [-0.15, -0.1) is 0 Å². The average molecular weight is 382 g/mol. The molecule has 0 radical (unpaired) electrons. The summed E-state index contributed by atoms with van der Waals surface area (Å²) in [6.45, 7) is 3.87. The standard InChI is InChI=1S/C21H23N3O4/c1-28-20-10-9-18(16-19(20)24(26)27)21(25)23-14-12-22(13-15-23)11-5-8-17-6-3-2-4-7-17/h2-10,16H,11-15H2,1H3/p+1/b8-5+. The molecule has 1 amide bonds. The van der Waals surface area contributed by atoms with Crippen LogP contribution in [-0.4, -0.2) is 55.6 Å². The number of quaternary nitrogens is 1. The molecule has 0 atom stereocenters. The van der Waals surface area contributed by atoms with Gasteiger partial charge in [-0.2, -0.15) is 0 Å². The first kappa shape index (κ1) is 19.6. The quantitative estimate of drug-likeness (QED) is 0.609. The monoisotopic (exact) mass is 382 g/mol. The van der Waals surface area contributed by atoms with Crippen molar-refractivity contribution in [3.8, 4) is 5.75 Å². The van der Waals surface area contributed by atoms with Gasteiger partial charge in [0.2, 0.25) is 0 Å². The van der Waals surface area contributed by atoms with Crippen molar-refractivity contribution in [2.24, 2.45) is 0 Å². The second kappa shape index (κ2) is 9.14. The lowest BCUT2D eigenvalue weighted by Gasteiger charge is -2.31. The number of nitro benzene ring substituents is 1. The number of hydrogen-bond donors (Lipinski definition) is 1. The SMILES string of the molecule is COc1ccc(C(=O)N2CC[NH+](C/C=C/c3ccccc3)CC2)cc1[N+](=O)[O-]. The van der Waals surface area contributed by atoms with E-state index in [1.807, 2.05) is 18.2 Å². The summed E-state index contributed by atoms with van der Waals surface area (Å²) in [5.41, 5.74) is 1.31. The maximum Gasteiger partial charge on any atom is 0.311 e. The van der Waals surface area contributed by atoms with E-state index in [-0.39, 0.29) is 17.3 Å². The van der Waals surface area contributed by atoms with Crippen molar-refractivity contribution in [2.45, 2.75) is 0 Å². The molecular formula is C21H24N3O4+. The molecule has 0 saturated carbocycles. The van der Waals surface area contributed by atoms with Crippen LogP contribution in [0, 0.1) is 10.1 Å². The van der Waals surface area contributed by atoms with Crippen LogP contribution < -0.4 is 9.64 Å². The summed E-state index contributed by atoms with van der Waals surface area (Å²) < 4.78 is 4.99. The van der Waals surface area contributed by atoms with Crippen LogP contribution in [0.4, 0.5) is 5.69 Å². The first-order valence-electron chi connectivity index (χ1n) is 9.25. The summed E-state index contributed by atoms with van der Waals surface area (Å²) in [6, 6.07) is 14.5. The molecule has 0 aromatic heterocycles. The first-order valence-corrected chi connectivity index (χ1v) is 9.25. The third-order valence-corrected chi connectivity index (χ3v) is 4.90. The van der Waals surface area contributed by atoms with E-state index >= 15 is 0 Å². The highest BCUT2D eigenvalue weighted by molar-refractivity contribution is 5.95. The van der Waals surface area contributed by atoms with Gasteiger partial charge in [0.1, 0.15) is 0 Å². The van der Waals surface area contributed by atoms with Gasteiger partial charge in [0.15, 0.2) is 5.75 Å². The molecule has 7 heteroatoms. The molecule has 1 aliphatic heterocycles. The second-order valence-corrected chi connectivity index (χ2v) is 6.70. The summed E-state index contributed by atoms with van der Waals surface area (Å²) in [6.07, 6.45) is 4.27. The lowest BCUT2D eigenvalue weighted by molar-refractivity contribution is -0.898. The number of amides is 1. The van der Waals surface area contributed by atoms with Gasteiger partial charge in [0.25, 0.3) is 5.91 Å². The zero-order chi connectivity index (χ0) is 19.9. The van der Waals surface area contributed by atoms with E-state index in [0.717, 1.165) is 19.6 Å². The number of benzene rings is 2. The van der Waals surface area contributed by atoms with Crippen molar-refractivity contribution in [1.29, 1.82) is 0 Å². The summed E-state index contributed by atoms with van der Waals surface area (Å²) in [5, 5.41) is 11.2. The fourth-order valence-corrected chi connectivity index (χ4v) is 3.30. The zero-order valence-corrected chi connectivity index (χ0v) is 15.8. The highest BCUT2D eigenvalue weighted by Crippen LogP contribution is 2.28. The molecule has 28 heavy (non-hydrogen) atoms. The molecule has 146 valence electrons. The van der Waals surface area contributed by atoms with Gasteiger partial charge < -0.3 is 14.5 Å². The van der Waals surface area contributed by atoms with Gasteiger partial charge in [-0.3, -0.25) is 14.9 Å². The van der Waals surface area contributed by atoms with Crippen molar-refractivity contribution in [3.63, 3.8) is 0 Å². The number of carbonyl (C=O) groups is 1. The van der Waals surface area contributed by atoms with E-state index in [4.69, 9.17) is 4.74 Å². The Hall–Kier alpha value is -3.19. The minimum atomic E-state index is -0.531. The van der Waals surface area contributed by atoms with E-state index in [2.05, 4.69) is 24.3 Å². The van der Waals surface area contributed by atoms with Crippen LogP contribution in [0.2, 0.25) is 0 Å². The molecule has 0 aliphatic carbocycles. The Morgan fingerprint density at radius 2 is 1.93 bits per heavy atom. The number of nitrogens with one attached hydrogen (secondary N) is 1. The molecule has 3 rings (SSSR count). The summed E-state index contributed by atoms with van der Waals surface area (Å²) in [5.74, 6) is -0.0225. The largest absolute Gasteiger partial charge is 0.490 e. The van der Waals surface area contributed by atoms with Gasteiger partial charge in [-0.25, -0.2) is 0 Å². The summed E-state index contributed by atoms with van der Waals surface area (Å²) in [4.78, 5) is 26.5. The molecule has 0 spiro atoms. The Balaban J connectivity index is 1.56. The molecule has 1 saturated heterocycles. The molecule has 1 N–H and O–H groups in total. The predicted octanol–water partition coefficient (Wildman–Crippen LogP) is 1.66. The smallest absolute Gasteiger partial charge is 0.311 e. The fraction of sp³-hybridized carbons (Fsp3) is 0.286. The number of rotatable bonds is 6. The maximum atomic E-state index is 12.7. The van der Waals surface area contributed by atoms with Gasteiger partial charge in [-0.1, -0.05) is 36.4 Å². The van der Waals surface area contributed by atoms with Gasteiger partial charge in [0.05, 0.1) is 44.8 Å². The zero-order valence-electron chi connectivity index (χ0n) is 15.8. The van der Waals surface area contributed by atoms with E-state index in [9.17, 15) is 14.9 Å². The van der Waals surface area contributed by atoms with Crippen LogP contribution in [0.3, 0.4) is 0 Å². The first-order chi connectivity index (χ1) is 13.6. The molecular weight excluding hydrogens is 358 g/mol. The number of nitro groups is 1. The minimum absolute atomic E-state index is 0.154. The topological polar surface area (TPSA) is 77.1 Å². The number of nitrogens with zero attached hydrogens (tertiary/aromatic N) is 2. The van der Waals surface area contributed by atoms with E-state index in [1.165, 1.54) is 29.7 Å². The van der Waals surface area contributed by atoms with Crippen molar-refractivity contribution in [3.05, 3.63) is 75.8 Å². The lowest BCUT2D eigenvalue weighted by Crippen LogP contribution is -3.14. The molecule has 1 heterocycles. The number of hydrogen-bond acceptors (Lipinski definition) is 4. The third-order valence-electron chi connectivity index (χ3n) is 4.90. The second-order valence-electron chi connectivity index (χ2n) is 6.70. The molecule has 2 aromatic rings. The Morgan fingerprint density at radius 1 is 1.21 bits per heavy atom. The van der Waals surface area contributed by atoms with Crippen LogP contribution in [-0.2, 0) is 0 Å². The van der Waals surface area contributed by atoms with Crippen LogP contribution in [0.5, 0.6) is 5.75 Å². The third kappa shape index (κ3) is 4.75. The average Bonchev–Trinajstić information content (AvgIpc) is 2.74. The molecule has 0 unspecified atom stereocenters. The molecule has 7 nitrogen and oxygen atoms in total. The van der Waals surface area contributed by atoms with Gasteiger partial charge >= 0.3 is 5.69 Å². The highest BCUT2D eigenvalue weighted by atomic mass is 16.6. The van der Waals surface area contributed by atoms with Crippen molar-refractivity contribution in [2.75, 3.05) is 39.8 Å². The Bertz CT molecular complexity index is 859. The Morgan fingerprint density at radius 3 is 2.57 bits per heavy atom. The molecule has 0 bridgehead atoms. The van der Waals surface area contributed by atoms with Crippen LogP contribution >= 0.6 is 0 Å². The van der Waals surface area contributed by atoms with E-state index in [1.54, 1.807) is 11.0 Å². The number of ether oxygens (including phenoxy) is 1. The Labute approximate surface area is 164 Å². The van der Waals surface area contributed by atoms with E-state index < -0.39 is 4.92 Å². The van der Waals surface area contributed by atoms with Crippen molar-refractivity contribution >= 4 is 17.7 Å². The van der Waals surface area contributed by atoms with Crippen LogP contribution in [0.15, 0.2) is 54.6 Å². The van der Waals surface area contributed by atoms with E-state index in [0.29, 0.717) is 18.7 Å². The van der Waals surface area contributed by atoms with Gasteiger partial charge in [-0.05, 0) is 23.8 Å². The summed E-state index contributed by atoms with van der Waals surface area (Å²) >= 11 is 0.